The lowest BCUT2D eigenvalue weighted by molar-refractivity contribution is 0.451. The molecule has 0 bridgehead atoms. The van der Waals surface area contributed by atoms with Crippen LogP contribution in [0.4, 0.5) is 0 Å². The zero-order chi connectivity index (χ0) is 11.4. The van der Waals surface area contributed by atoms with Crippen molar-refractivity contribution in [1.82, 2.24) is 0 Å². The lowest BCUT2D eigenvalue weighted by Gasteiger charge is -2.08. The first kappa shape index (κ1) is 14.7. The van der Waals surface area contributed by atoms with Crippen LogP contribution in [0.2, 0.25) is 0 Å². The molecule has 0 aliphatic carbocycles. The molecule has 0 heteroatoms. The molecule has 0 N–H and O–H groups in total. The maximum Gasteiger partial charge on any atom is -0.0353 e. The number of hydrogen-bond acceptors (Lipinski definition) is 0. The third-order valence-corrected chi connectivity index (χ3v) is 3.14. The third-order valence-electron chi connectivity index (χ3n) is 3.14. The Morgan fingerprint density at radius 2 is 1.53 bits per heavy atom. The molecule has 15 heavy (non-hydrogen) atoms. The van der Waals surface area contributed by atoms with E-state index in [2.05, 4.69) is 20.4 Å². The number of hydrogen-bond donors (Lipinski definition) is 0. The zero-order valence-electron chi connectivity index (χ0n) is 10.9. The van der Waals surface area contributed by atoms with Gasteiger partial charge in [-0.05, 0) is 18.8 Å². The predicted octanol–water partition coefficient (Wildman–Crippen LogP) is 5.73. The van der Waals surface area contributed by atoms with Crippen molar-refractivity contribution in [3.63, 3.8) is 0 Å². The van der Waals surface area contributed by atoms with E-state index in [4.69, 9.17) is 0 Å². The number of unbranched alkanes of at least 4 members (excludes halogenated alkanes) is 6. The molecule has 0 amide bonds. The van der Waals surface area contributed by atoms with Crippen LogP contribution < -0.4 is 0 Å². The minimum atomic E-state index is 0.954. The Morgan fingerprint density at radius 3 is 2.13 bits per heavy atom. The molecule has 90 valence electrons. The molecule has 0 aromatic rings. The lowest BCUT2D eigenvalue weighted by Crippen LogP contribution is -1.93. The van der Waals surface area contributed by atoms with Crippen molar-refractivity contribution in [2.24, 2.45) is 5.92 Å². The zero-order valence-corrected chi connectivity index (χ0v) is 10.9. The highest BCUT2D eigenvalue weighted by Gasteiger charge is 1.99. The van der Waals surface area contributed by atoms with Gasteiger partial charge < -0.3 is 0 Å². The second-order valence-corrected chi connectivity index (χ2v) is 4.88. The molecule has 0 spiro atoms. The molecule has 0 aromatic carbocycles. The summed E-state index contributed by atoms with van der Waals surface area (Å²) in [5, 5.41) is 0. The summed E-state index contributed by atoms with van der Waals surface area (Å²) in [6.45, 7) is 8.43. The maximum atomic E-state index is 3.74. The summed E-state index contributed by atoms with van der Waals surface area (Å²) < 4.78 is 0. The number of rotatable bonds is 11. The summed E-state index contributed by atoms with van der Waals surface area (Å²) in [5.41, 5.74) is 0. The topological polar surface area (TPSA) is 0 Å². The molecule has 1 atom stereocenters. The largest absolute Gasteiger partial charge is 0.103 e. The van der Waals surface area contributed by atoms with Gasteiger partial charge in [-0.2, -0.15) is 0 Å². The summed E-state index contributed by atoms with van der Waals surface area (Å²) in [6.07, 6.45) is 15.9. The molecule has 1 unspecified atom stereocenters. The van der Waals surface area contributed by atoms with Gasteiger partial charge >= 0.3 is 0 Å². The van der Waals surface area contributed by atoms with Gasteiger partial charge in [-0.3, -0.25) is 0 Å². The highest BCUT2D eigenvalue weighted by molar-refractivity contribution is 4.65. The van der Waals surface area contributed by atoms with Crippen molar-refractivity contribution in [1.29, 1.82) is 0 Å². The molecule has 0 aliphatic rings. The summed E-state index contributed by atoms with van der Waals surface area (Å²) in [4.78, 5) is 0. The van der Waals surface area contributed by atoms with Crippen LogP contribution in [0.3, 0.4) is 0 Å². The van der Waals surface area contributed by atoms with Gasteiger partial charge in [0.1, 0.15) is 0 Å². The molecule has 0 saturated heterocycles. The summed E-state index contributed by atoms with van der Waals surface area (Å²) in [5.74, 6) is 0.954. The molecule has 0 fully saturated rings. The Bertz CT molecular complexity index is 126. The van der Waals surface area contributed by atoms with Crippen LogP contribution in [0.5, 0.6) is 0 Å². The van der Waals surface area contributed by atoms with Crippen LogP contribution in [0, 0.1) is 5.92 Å². The van der Waals surface area contributed by atoms with E-state index in [1.165, 1.54) is 64.2 Å². The van der Waals surface area contributed by atoms with E-state index in [1.54, 1.807) is 0 Å². The van der Waals surface area contributed by atoms with Crippen LogP contribution in [-0.4, -0.2) is 0 Å². The van der Waals surface area contributed by atoms with Gasteiger partial charge in [0.2, 0.25) is 0 Å². The Morgan fingerprint density at radius 1 is 0.933 bits per heavy atom. The van der Waals surface area contributed by atoms with Crippen LogP contribution >= 0.6 is 0 Å². The van der Waals surface area contributed by atoms with E-state index < -0.39 is 0 Å². The molecule has 0 saturated carbocycles. The van der Waals surface area contributed by atoms with Crippen LogP contribution in [0.25, 0.3) is 0 Å². The van der Waals surface area contributed by atoms with Gasteiger partial charge in [0, 0.05) is 0 Å². The normalized spacial score (nSPS) is 12.7. The van der Waals surface area contributed by atoms with Crippen LogP contribution in [-0.2, 0) is 0 Å². The van der Waals surface area contributed by atoms with E-state index in [1.807, 2.05) is 6.08 Å². The van der Waals surface area contributed by atoms with Crippen molar-refractivity contribution >= 4 is 0 Å². The SMILES string of the molecule is C=CCCCCCCCCC(C)CCC. The fourth-order valence-corrected chi connectivity index (χ4v) is 2.13. The molecule has 0 heterocycles. The second kappa shape index (κ2) is 11.8. The minimum Gasteiger partial charge on any atom is -0.103 e. The summed E-state index contributed by atoms with van der Waals surface area (Å²) in [6, 6.07) is 0. The fourth-order valence-electron chi connectivity index (χ4n) is 2.13. The second-order valence-electron chi connectivity index (χ2n) is 4.88. The third kappa shape index (κ3) is 11.7. The van der Waals surface area contributed by atoms with E-state index in [0.717, 1.165) is 5.92 Å². The first-order chi connectivity index (χ1) is 7.31. The van der Waals surface area contributed by atoms with E-state index in [9.17, 15) is 0 Å². The van der Waals surface area contributed by atoms with E-state index in [0.29, 0.717) is 0 Å². The fraction of sp³-hybridized carbons (Fsp3) is 0.867. The van der Waals surface area contributed by atoms with Gasteiger partial charge in [0.25, 0.3) is 0 Å². The van der Waals surface area contributed by atoms with Crippen LogP contribution in [0.15, 0.2) is 12.7 Å². The van der Waals surface area contributed by atoms with Gasteiger partial charge in [-0.1, -0.05) is 71.3 Å². The standard InChI is InChI=1S/C15H30/c1-4-6-7-8-9-10-11-12-14-15(3)13-5-2/h4,15H,1,5-14H2,2-3H3. The monoisotopic (exact) mass is 210 g/mol. The van der Waals surface area contributed by atoms with Gasteiger partial charge in [0.15, 0.2) is 0 Å². The molecule has 0 rings (SSSR count). The molecule has 0 aromatic heterocycles. The maximum absolute atomic E-state index is 3.74. The summed E-state index contributed by atoms with van der Waals surface area (Å²) >= 11 is 0. The molecule has 0 aliphatic heterocycles. The Kier molecular flexibility index (Phi) is 11.6. The lowest BCUT2D eigenvalue weighted by atomic mass is 9.98. The molecule has 0 radical (unpaired) electrons. The van der Waals surface area contributed by atoms with Crippen LogP contribution in [0.1, 0.15) is 78.1 Å². The Hall–Kier alpha value is -0.260. The van der Waals surface area contributed by atoms with Gasteiger partial charge in [-0.15, -0.1) is 6.58 Å². The summed E-state index contributed by atoms with van der Waals surface area (Å²) in [7, 11) is 0. The van der Waals surface area contributed by atoms with Crippen molar-refractivity contribution in [3.8, 4) is 0 Å². The quantitative estimate of drug-likeness (QED) is 0.302. The smallest absolute Gasteiger partial charge is 0.0353 e. The Balaban J connectivity index is 3.01. The predicted molar refractivity (Wildman–Crippen MR) is 71.2 cm³/mol. The van der Waals surface area contributed by atoms with Crippen molar-refractivity contribution in [3.05, 3.63) is 12.7 Å². The first-order valence-electron chi connectivity index (χ1n) is 6.92. The first-order valence-corrected chi connectivity index (χ1v) is 6.92. The minimum absolute atomic E-state index is 0.954. The number of allylic oxidation sites excluding steroid dienone is 1. The molecule has 0 nitrogen and oxygen atoms in total. The van der Waals surface area contributed by atoms with Crippen molar-refractivity contribution in [2.75, 3.05) is 0 Å². The molecular formula is C15H30. The Labute approximate surface area is 97.2 Å². The van der Waals surface area contributed by atoms with Gasteiger partial charge in [-0.25, -0.2) is 0 Å². The highest BCUT2D eigenvalue weighted by Crippen LogP contribution is 2.15. The van der Waals surface area contributed by atoms with Gasteiger partial charge in [0.05, 0.1) is 0 Å². The van der Waals surface area contributed by atoms with E-state index >= 15 is 0 Å². The highest BCUT2D eigenvalue weighted by atomic mass is 14.1. The van der Waals surface area contributed by atoms with Crippen molar-refractivity contribution < 1.29 is 0 Å². The van der Waals surface area contributed by atoms with Crippen molar-refractivity contribution in [2.45, 2.75) is 78.1 Å². The van der Waals surface area contributed by atoms with E-state index in [-0.39, 0.29) is 0 Å². The average molecular weight is 210 g/mol. The molecular weight excluding hydrogens is 180 g/mol. The average Bonchev–Trinajstić information content (AvgIpc) is 2.22.